The molecule has 1 N–H and O–H groups in total. The van der Waals surface area contributed by atoms with E-state index in [0.717, 1.165) is 70.5 Å². The lowest BCUT2D eigenvalue weighted by Crippen LogP contribution is -2.44. The van der Waals surface area contributed by atoms with Crippen LogP contribution in [-0.4, -0.2) is 100 Å². The molecule has 0 spiro atoms. The predicted molar refractivity (Wildman–Crippen MR) is 110 cm³/mol. The molecule has 2 heterocycles. The summed E-state index contributed by atoms with van der Waals surface area (Å²) in [7, 11) is 7.65. The molecule has 0 aromatic carbocycles. The quantitative estimate of drug-likeness (QED) is 0.390. The Morgan fingerprint density at radius 3 is 2.63 bits per heavy atom. The minimum absolute atomic E-state index is 0.0708. The second-order valence-electron chi connectivity index (χ2n) is 8.02. The van der Waals surface area contributed by atoms with Gasteiger partial charge in [-0.2, -0.15) is 0 Å². The number of hydrogen-bond donors (Lipinski definition) is 1. The average molecular weight is 382 g/mol. The van der Waals surface area contributed by atoms with Gasteiger partial charge >= 0.3 is 0 Å². The third-order valence-corrected chi connectivity index (χ3v) is 5.78. The Hall–Kier alpha value is -1.34. The van der Waals surface area contributed by atoms with Crippen molar-refractivity contribution in [1.29, 1.82) is 0 Å². The molecule has 0 aromatic heterocycles. The van der Waals surface area contributed by atoms with Gasteiger partial charge in [0.25, 0.3) is 0 Å². The molecule has 7 heteroatoms. The molecule has 2 saturated heterocycles. The first kappa shape index (κ1) is 22.0. The van der Waals surface area contributed by atoms with Crippen molar-refractivity contribution in [3.63, 3.8) is 0 Å². The highest BCUT2D eigenvalue weighted by molar-refractivity contribution is 5.81. The number of likely N-dealkylation sites (N-methyl/N-ethyl adjacent to an activating group) is 1. The Morgan fingerprint density at radius 1 is 1.22 bits per heavy atom. The number of rotatable bonds is 8. The number of aliphatic imine (C=N–C) groups is 1. The zero-order chi connectivity index (χ0) is 19.6. The number of guanidine groups is 1. The van der Waals surface area contributed by atoms with Crippen LogP contribution in [0.4, 0.5) is 0 Å². The molecular weight excluding hydrogens is 342 g/mol. The largest absolute Gasteiger partial charge is 0.381 e. The monoisotopic (exact) mass is 381 g/mol. The van der Waals surface area contributed by atoms with E-state index < -0.39 is 0 Å². The fraction of sp³-hybridized carbons (Fsp3) is 0.900. The molecule has 1 unspecified atom stereocenters. The van der Waals surface area contributed by atoms with Crippen LogP contribution in [0.3, 0.4) is 0 Å². The second kappa shape index (κ2) is 11.5. The first-order valence-corrected chi connectivity index (χ1v) is 10.5. The molecule has 0 aliphatic carbocycles. The lowest BCUT2D eigenvalue weighted by atomic mass is 9.96. The highest BCUT2D eigenvalue weighted by Crippen LogP contribution is 2.19. The molecule has 2 rings (SSSR count). The minimum atomic E-state index is 0.0708. The Kier molecular flexibility index (Phi) is 9.34. The first-order chi connectivity index (χ1) is 13.0. The lowest BCUT2D eigenvalue weighted by Gasteiger charge is -2.28. The van der Waals surface area contributed by atoms with E-state index in [1.807, 2.05) is 21.1 Å². The van der Waals surface area contributed by atoms with Crippen LogP contribution in [0.2, 0.25) is 0 Å². The molecule has 0 aromatic rings. The highest BCUT2D eigenvalue weighted by atomic mass is 16.5. The van der Waals surface area contributed by atoms with Gasteiger partial charge in [-0.3, -0.25) is 14.7 Å². The molecule has 0 bridgehead atoms. The fourth-order valence-electron chi connectivity index (χ4n) is 4.06. The number of carbonyl (C=O) groups is 1. The number of ether oxygens (including phenoxy) is 1. The third kappa shape index (κ3) is 6.96. The second-order valence-corrected chi connectivity index (χ2v) is 8.02. The third-order valence-electron chi connectivity index (χ3n) is 5.78. The minimum Gasteiger partial charge on any atom is -0.381 e. The van der Waals surface area contributed by atoms with Gasteiger partial charge in [0.15, 0.2) is 5.96 Å². The van der Waals surface area contributed by atoms with E-state index >= 15 is 0 Å². The zero-order valence-electron chi connectivity index (χ0n) is 17.7. The van der Waals surface area contributed by atoms with Crippen molar-refractivity contribution in [2.45, 2.75) is 44.6 Å². The van der Waals surface area contributed by atoms with Crippen LogP contribution in [0.1, 0.15) is 38.5 Å². The van der Waals surface area contributed by atoms with Crippen molar-refractivity contribution < 1.29 is 9.53 Å². The number of nitrogens with one attached hydrogen (secondary N) is 1. The molecule has 1 amide bonds. The van der Waals surface area contributed by atoms with E-state index in [0.29, 0.717) is 0 Å². The molecule has 0 saturated carbocycles. The summed E-state index contributed by atoms with van der Waals surface area (Å²) in [5.41, 5.74) is 0. The topological polar surface area (TPSA) is 60.4 Å². The molecule has 156 valence electrons. The van der Waals surface area contributed by atoms with E-state index in [2.05, 4.69) is 27.2 Å². The molecule has 2 fully saturated rings. The number of hydrogen-bond acceptors (Lipinski definition) is 4. The van der Waals surface area contributed by atoms with E-state index in [1.54, 1.807) is 4.90 Å². The van der Waals surface area contributed by atoms with Gasteiger partial charge in [-0.25, -0.2) is 0 Å². The Balaban J connectivity index is 1.65. The van der Waals surface area contributed by atoms with Crippen molar-refractivity contribution in [3.8, 4) is 0 Å². The van der Waals surface area contributed by atoms with Gasteiger partial charge in [0.05, 0.1) is 6.04 Å². The van der Waals surface area contributed by atoms with Gasteiger partial charge in [-0.1, -0.05) is 0 Å². The molecule has 2 aliphatic heterocycles. The van der Waals surface area contributed by atoms with Crippen LogP contribution in [-0.2, 0) is 9.53 Å². The number of amides is 1. The molecule has 0 radical (unpaired) electrons. The molecule has 7 nitrogen and oxygen atoms in total. The number of nitrogens with zero attached hydrogens (tertiary/aromatic N) is 4. The average Bonchev–Trinajstić information content (AvgIpc) is 3.14. The Labute approximate surface area is 165 Å². The predicted octanol–water partition coefficient (Wildman–Crippen LogP) is 1.25. The molecule has 1 atom stereocenters. The van der Waals surface area contributed by atoms with Gasteiger partial charge < -0.3 is 19.9 Å². The summed E-state index contributed by atoms with van der Waals surface area (Å²) < 4.78 is 5.44. The highest BCUT2D eigenvalue weighted by Gasteiger charge is 2.31. The van der Waals surface area contributed by atoms with Gasteiger partial charge in [-0.15, -0.1) is 0 Å². The summed E-state index contributed by atoms with van der Waals surface area (Å²) in [6.45, 7) is 5.72. The van der Waals surface area contributed by atoms with Crippen molar-refractivity contribution in [3.05, 3.63) is 0 Å². The lowest BCUT2D eigenvalue weighted by molar-refractivity contribution is -0.133. The van der Waals surface area contributed by atoms with Gasteiger partial charge in [0, 0.05) is 61.0 Å². The van der Waals surface area contributed by atoms with E-state index in [9.17, 15) is 4.79 Å². The summed E-state index contributed by atoms with van der Waals surface area (Å²) in [6, 6.07) is 0.0708. The van der Waals surface area contributed by atoms with Gasteiger partial charge in [0.1, 0.15) is 0 Å². The van der Waals surface area contributed by atoms with Gasteiger partial charge in [0.2, 0.25) is 5.91 Å². The number of carbonyl (C=O) groups excluding carboxylic acids is 1. The summed E-state index contributed by atoms with van der Waals surface area (Å²) >= 11 is 0. The van der Waals surface area contributed by atoms with Crippen LogP contribution in [0.5, 0.6) is 0 Å². The van der Waals surface area contributed by atoms with Crippen LogP contribution in [0.15, 0.2) is 4.99 Å². The van der Waals surface area contributed by atoms with Crippen LogP contribution in [0.25, 0.3) is 0 Å². The Bertz CT molecular complexity index is 477. The van der Waals surface area contributed by atoms with Gasteiger partial charge in [-0.05, 0) is 51.0 Å². The Morgan fingerprint density at radius 2 is 1.96 bits per heavy atom. The van der Waals surface area contributed by atoms with Crippen molar-refractivity contribution in [2.24, 2.45) is 10.9 Å². The normalized spacial score (nSPS) is 22.1. The maximum absolute atomic E-state index is 12.3. The van der Waals surface area contributed by atoms with Crippen LogP contribution >= 0.6 is 0 Å². The molecule has 27 heavy (non-hydrogen) atoms. The molecule has 2 aliphatic rings. The van der Waals surface area contributed by atoms with E-state index in [1.165, 1.54) is 19.3 Å². The fourth-order valence-corrected chi connectivity index (χ4v) is 4.06. The number of likely N-dealkylation sites (tertiary alicyclic amines) is 1. The van der Waals surface area contributed by atoms with Crippen LogP contribution < -0.4 is 5.32 Å². The first-order valence-electron chi connectivity index (χ1n) is 10.5. The SMILES string of the molecule is CN=C(NCCCN1CCCC1C(=O)N(C)C)N(C)CCC1CCOCC1. The zero-order valence-corrected chi connectivity index (χ0v) is 17.7. The van der Waals surface area contributed by atoms with E-state index in [-0.39, 0.29) is 11.9 Å². The van der Waals surface area contributed by atoms with E-state index in [4.69, 9.17) is 4.74 Å². The van der Waals surface area contributed by atoms with Crippen molar-refractivity contribution in [1.82, 2.24) is 20.0 Å². The summed E-state index contributed by atoms with van der Waals surface area (Å²) in [4.78, 5) is 23.0. The van der Waals surface area contributed by atoms with Crippen LogP contribution in [0, 0.1) is 5.92 Å². The summed E-state index contributed by atoms with van der Waals surface area (Å²) in [5, 5.41) is 3.48. The maximum atomic E-state index is 12.3. The van der Waals surface area contributed by atoms with Crippen molar-refractivity contribution >= 4 is 11.9 Å². The van der Waals surface area contributed by atoms with Crippen molar-refractivity contribution in [2.75, 3.05) is 67.6 Å². The summed E-state index contributed by atoms with van der Waals surface area (Å²) in [6.07, 6.45) is 6.69. The summed E-state index contributed by atoms with van der Waals surface area (Å²) in [5.74, 6) is 1.98. The smallest absolute Gasteiger partial charge is 0.239 e. The maximum Gasteiger partial charge on any atom is 0.239 e. The standard InChI is InChI=1S/C20H39N5O2/c1-21-20(24(4)14-8-17-9-15-27-16-10-17)22-11-6-13-25-12-5-7-18(25)19(26)23(2)3/h17-18H,5-16H2,1-4H3,(H,21,22). The molecular formula is C20H39N5O2.